The van der Waals surface area contributed by atoms with E-state index in [0.717, 1.165) is 37.4 Å². The van der Waals surface area contributed by atoms with Crippen molar-refractivity contribution in [2.45, 2.75) is 12.5 Å². The van der Waals surface area contributed by atoms with Crippen molar-refractivity contribution < 1.29 is 14.2 Å². The molecule has 0 spiro atoms. The van der Waals surface area contributed by atoms with Crippen LogP contribution in [0.1, 0.15) is 5.56 Å². The van der Waals surface area contributed by atoms with Crippen molar-refractivity contribution in [3.8, 4) is 17.2 Å². The Balaban J connectivity index is 1.80. The molecule has 0 amide bonds. The molecule has 1 N–H and O–H groups in total. The van der Waals surface area contributed by atoms with Gasteiger partial charge in [-0.15, -0.1) is 0 Å². The highest BCUT2D eigenvalue weighted by Crippen LogP contribution is 2.35. The molecule has 1 aliphatic rings. The topological polar surface area (TPSA) is 39.7 Å². The summed E-state index contributed by atoms with van der Waals surface area (Å²) in [6.07, 6.45) is 0.972. The van der Waals surface area contributed by atoms with E-state index in [4.69, 9.17) is 25.8 Å². The van der Waals surface area contributed by atoms with E-state index in [9.17, 15) is 0 Å². The van der Waals surface area contributed by atoms with Gasteiger partial charge in [-0.1, -0.05) is 29.8 Å². The lowest BCUT2D eigenvalue weighted by Gasteiger charge is -2.24. The zero-order chi connectivity index (χ0) is 16.1. The number of para-hydroxylation sites is 1. The van der Waals surface area contributed by atoms with E-state index in [1.807, 2.05) is 24.3 Å². The van der Waals surface area contributed by atoms with Crippen molar-refractivity contribution in [1.29, 1.82) is 0 Å². The van der Waals surface area contributed by atoms with Crippen LogP contribution in [-0.4, -0.2) is 32.9 Å². The summed E-state index contributed by atoms with van der Waals surface area (Å²) in [5.74, 6) is 2.07. The van der Waals surface area contributed by atoms with E-state index in [-0.39, 0.29) is 6.10 Å². The Morgan fingerprint density at radius 3 is 2.83 bits per heavy atom. The van der Waals surface area contributed by atoms with Crippen LogP contribution in [0.25, 0.3) is 0 Å². The van der Waals surface area contributed by atoms with Crippen molar-refractivity contribution >= 4 is 11.6 Å². The average Bonchev–Trinajstić information content (AvgIpc) is 2.59. The predicted molar refractivity (Wildman–Crippen MR) is 90.8 cm³/mol. The fourth-order valence-corrected chi connectivity index (χ4v) is 2.77. The van der Waals surface area contributed by atoms with Gasteiger partial charge in [-0.3, -0.25) is 0 Å². The number of methoxy groups -OCH3 is 1. The zero-order valence-electron chi connectivity index (χ0n) is 13.0. The Hall–Kier alpha value is -1.75. The van der Waals surface area contributed by atoms with Crippen LogP contribution in [0.15, 0.2) is 42.5 Å². The summed E-state index contributed by atoms with van der Waals surface area (Å²) in [6.45, 7) is 2.52. The molecule has 0 bridgehead atoms. The van der Waals surface area contributed by atoms with E-state index < -0.39 is 0 Å². The molecule has 4 nitrogen and oxygen atoms in total. The maximum atomic E-state index is 6.07. The molecule has 1 aliphatic heterocycles. The van der Waals surface area contributed by atoms with Gasteiger partial charge in [0, 0.05) is 30.6 Å². The largest absolute Gasteiger partial charge is 0.493 e. The second-order valence-electron chi connectivity index (χ2n) is 5.41. The van der Waals surface area contributed by atoms with Crippen molar-refractivity contribution in [3.63, 3.8) is 0 Å². The van der Waals surface area contributed by atoms with Gasteiger partial charge in [0.1, 0.15) is 5.75 Å². The number of benzene rings is 2. The van der Waals surface area contributed by atoms with Crippen molar-refractivity contribution in [2.24, 2.45) is 0 Å². The number of morpholine rings is 1. The van der Waals surface area contributed by atoms with Gasteiger partial charge in [-0.2, -0.15) is 0 Å². The third-order valence-electron chi connectivity index (χ3n) is 3.77. The number of nitrogens with one attached hydrogen (secondary N) is 1. The molecule has 1 atom stereocenters. The molecule has 3 rings (SSSR count). The van der Waals surface area contributed by atoms with Crippen molar-refractivity contribution in [2.75, 3.05) is 26.8 Å². The van der Waals surface area contributed by atoms with Gasteiger partial charge in [0.05, 0.1) is 19.8 Å². The minimum atomic E-state index is 0.167. The van der Waals surface area contributed by atoms with Crippen LogP contribution in [0.4, 0.5) is 0 Å². The van der Waals surface area contributed by atoms with Crippen molar-refractivity contribution in [1.82, 2.24) is 5.32 Å². The fourth-order valence-electron chi connectivity index (χ4n) is 2.61. The summed E-state index contributed by atoms with van der Waals surface area (Å²) in [7, 11) is 1.60. The maximum absolute atomic E-state index is 6.07. The Morgan fingerprint density at radius 2 is 2.04 bits per heavy atom. The lowest BCUT2D eigenvalue weighted by molar-refractivity contribution is 0.0289. The molecule has 1 fully saturated rings. The molecular formula is C18H20ClNO3. The predicted octanol–water partition coefficient (Wildman–Crippen LogP) is 3.67. The molecule has 0 aromatic heterocycles. The van der Waals surface area contributed by atoms with Crippen LogP contribution in [0, 0.1) is 0 Å². The van der Waals surface area contributed by atoms with E-state index in [1.54, 1.807) is 19.2 Å². The van der Waals surface area contributed by atoms with Crippen LogP contribution in [0.3, 0.4) is 0 Å². The standard InChI is InChI=1S/C18H20ClNO3/c1-21-18-11-14(19)6-7-17(18)23-16-5-3-2-4-13(16)10-15-12-20-8-9-22-15/h2-7,11,15,20H,8-10,12H2,1H3. The minimum Gasteiger partial charge on any atom is -0.493 e. The molecule has 1 heterocycles. The second-order valence-corrected chi connectivity index (χ2v) is 5.84. The quantitative estimate of drug-likeness (QED) is 0.906. The molecule has 1 unspecified atom stereocenters. The van der Waals surface area contributed by atoms with Gasteiger partial charge in [-0.25, -0.2) is 0 Å². The fraction of sp³-hybridized carbons (Fsp3) is 0.333. The van der Waals surface area contributed by atoms with E-state index in [0.29, 0.717) is 16.5 Å². The molecule has 2 aromatic rings. The van der Waals surface area contributed by atoms with Gasteiger partial charge in [0.15, 0.2) is 11.5 Å². The number of hydrogen-bond acceptors (Lipinski definition) is 4. The number of ether oxygens (including phenoxy) is 3. The Bertz CT molecular complexity index is 656. The molecular weight excluding hydrogens is 314 g/mol. The first-order valence-corrected chi connectivity index (χ1v) is 8.05. The minimum absolute atomic E-state index is 0.167. The lowest BCUT2D eigenvalue weighted by Crippen LogP contribution is -2.39. The van der Waals surface area contributed by atoms with Gasteiger partial charge >= 0.3 is 0 Å². The molecule has 122 valence electrons. The summed E-state index contributed by atoms with van der Waals surface area (Å²) in [5.41, 5.74) is 1.11. The summed E-state index contributed by atoms with van der Waals surface area (Å²) in [5, 5.41) is 3.96. The third-order valence-corrected chi connectivity index (χ3v) is 4.01. The first kappa shape index (κ1) is 16.1. The van der Waals surface area contributed by atoms with E-state index in [2.05, 4.69) is 11.4 Å². The molecule has 5 heteroatoms. The van der Waals surface area contributed by atoms with Gasteiger partial charge in [0.25, 0.3) is 0 Å². The second kappa shape index (κ2) is 7.68. The Labute approximate surface area is 141 Å². The number of halogens is 1. The highest BCUT2D eigenvalue weighted by Gasteiger charge is 2.17. The first-order valence-electron chi connectivity index (χ1n) is 7.68. The average molecular weight is 334 g/mol. The van der Waals surface area contributed by atoms with Crippen LogP contribution in [0.5, 0.6) is 17.2 Å². The highest BCUT2D eigenvalue weighted by atomic mass is 35.5. The van der Waals surface area contributed by atoms with Crippen LogP contribution < -0.4 is 14.8 Å². The molecule has 0 aliphatic carbocycles. The van der Waals surface area contributed by atoms with Gasteiger partial charge < -0.3 is 19.5 Å². The van der Waals surface area contributed by atoms with Crippen molar-refractivity contribution in [3.05, 3.63) is 53.1 Å². The number of rotatable bonds is 5. The summed E-state index contributed by atoms with van der Waals surface area (Å²) >= 11 is 6.00. The van der Waals surface area contributed by atoms with Crippen LogP contribution in [0.2, 0.25) is 5.02 Å². The van der Waals surface area contributed by atoms with Crippen LogP contribution in [-0.2, 0) is 11.2 Å². The molecule has 0 saturated carbocycles. The van der Waals surface area contributed by atoms with E-state index in [1.165, 1.54) is 0 Å². The monoisotopic (exact) mass is 333 g/mol. The van der Waals surface area contributed by atoms with E-state index >= 15 is 0 Å². The lowest BCUT2D eigenvalue weighted by atomic mass is 10.1. The van der Waals surface area contributed by atoms with Gasteiger partial charge in [-0.05, 0) is 23.8 Å². The smallest absolute Gasteiger partial charge is 0.169 e. The SMILES string of the molecule is COc1cc(Cl)ccc1Oc1ccccc1CC1CNCCO1. The van der Waals surface area contributed by atoms with Gasteiger partial charge in [0.2, 0.25) is 0 Å². The first-order chi connectivity index (χ1) is 11.3. The summed E-state index contributed by atoms with van der Waals surface area (Å²) < 4.78 is 17.2. The number of hydrogen-bond donors (Lipinski definition) is 1. The molecule has 2 aromatic carbocycles. The molecule has 1 saturated heterocycles. The summed E-state index contributed by atoms with van der Waals surface area (Å²) in [4.78, 5) is 0. The molecule has 23 heavy (non-hydrogen) atoms. The Morgan fingerprint density at radius 1 is 1.17 bits per heavy atom. The van der Waals surface area contributed by atoms with Crippen LogP contribution >= 0.6 is 11.6 Å². The third kappa shape index (κ3) is 4.16. The Kier molecular flexibility index (Phi) is 5.39. The normalized spacial score (nSPS) is 17.7. The molecule has 0 radical (unpaired) electrons. The highest BCUT2D eigenvalue weighted by molar-refractivity contribution is 6.30. The summed E-state index contributed by atoms with van der Waals surface area (Å²) in [6, 6.07) is 13.3. The zero-order valence-corrected chi connectivity index (χ0v) is 13.8. The maximum Gasteiger partial charge on any atom is 0.169 e.